The minimum absolute atomic E-state index is 0.0871. The van der Waals surface area contributed by atoms with Crippen molar-refractivity contribution in [3.8, 4) is 0 Å². The van der Waals surface area contributed by atoms with Gasteiger partial charge in [-0.2, -0.15) is 0 Å². The van der Waals surface area contributed by atoms with E-state index in [9.17, 15) is 4.79 Å². The highest BCUT2D eigenvalue weighted by molar-refractivity contribution is 8.00. The quantitative estimate of drug-likeness (QED) is 0.833. The molecule has 1 fully saturated rings. The highest BCUT2D eigenvalue weighted by Crippen LogP contribution is 2.37. The largest absolute Gasteiger partial charge is 0.335 e. The number of para-hydroxylation sites is 1. The molecule has 1 aliphatic heterocycles. The number of benzene rings is 1. The molecule has 2 amide bonds. The van der Waals surface area contributed by atoms with E-state index in [-0.39, 0.29) is 6.03 Å². The number of thioether (sulfide) groups is 1. The molecule has 1 aliphatic carbocycles. The van der Waals surface area contributed by atoms with Crippen LogP contribution in [0.1, 0.15) is 45.4 Å². The Labute approximate surface area is 131 Å². The van der Waals surface area contributed by atoms with Crippen molar-refractivity contribution in [2.75, 3.05) is 11.4 Å². The molecule has 1 saturated carbocycles. The molecule has 114 valence electrons. The van der Waals surface area contributed by atoms with Gasteiger partial charge in [-0.3, -0.25) is 4.90 Å². The third-order valence-electron chi connectivity index (χ3n) is 4.42. The predicted octanol–water partition coefficient (Wildman–Crippen LogP) is 4.42. The van der Waals surface area contributed by atoms with Crippen molar-refractivity contribution in [3.63, 3.8) is 0 Å². The zero-order valence-corrected chi connectivity index (χ0v) is 13.5. The Bertz CT molecular complexity index is 499. The summed E-state index contributed by atoms with van der Waals surface area (Å²) in [5.41, 5.74) is 1.07. The molecule has 3 nitrogen and oxygen atoms in total. The van der Waals surface area contributed by atoms with E-state index < -0.39 is 0 Å². The summed E-state index contributed by atoms with van der Waals surface area (Å²) in [6.45, 7) is 3.05. The smallest absolute Gasteiger partial charge is 0.322 e. The summed E-state index contributed by atoms with van der Waals surface area (Å²) >= 11 is 1.88. The molecule has 0 spiro atoms. The summed E-state index contributed by atoms with van der Waals surface area (Å²) in [6.07, 6.45) is 7.10. The Kier molecular flexibility index (Phi) is 4.73. The molecule has 3 rings (SSSR count). The lowest BCUT2D eigenvalue weighted by atomic mass is 9.96. The predicted molar refractivity (Wildman–Crippen MR) is 89.1 cm³/mol. The summed E-state index contributed by atoms with van der Waals surface area (Å²) in [4.78, 5) is 15.9. The van der Waals surface area contributed by atoms with E-state index in [2.05, 4.69) is 30.4 Å². The number of anilines is 1. The third kappa shape index (κ3) is 3.54. The monoisotopic (exact) mass is 304 g/mol. The normalized spacial score (nSPS) is 23.3. The Hall–Kier alpha value is -1.16. The summed E-state index contributed by atoms with van der Waals surface area (Å²) < 4.78 is 0. The van der Waals surface area contributed by atoms with Crippen LogP contribution in [-0.2, 0) is 0 Å². The molecule has 0 radical (unpaired) electrons. The molecule has 1 atom stereocenters. The molecule has 4 heteroatoms. The Morgan fingerprint density at radius 3 is 2.76 bits per heavy atom. The second-order valence-corrected chi connectivity index (χ2v) is 7.60. The highest BCUT2D eigenvalue weighted by Gasteiger charge is 2.26. The first-order chi connectivity index (χ1) is 10.2. The van der Waals surface area contributed by atoms with Crippen molar-refractivity contribution in [3.05, 3.63) is 24.3 Å². The SMILES string of the molecule is C[C@H]1CCN(C(=O)NC2CCCCC2)c2ccccc2S1. The molecule has 0 aromatic heterocycles. The average molecular weight is 304 g/mol. The number of fused-ring (bicyclic) bond motifs is 1. The van der Waals surface area contributed by atoms with E-state index in [4.69, 9.17) is 0 Å². The van der Waals surface area contributed by atoms with Gasteiger partial charge >= 0.3 is 6.03 Å². The van der Waals surface area contributed by atoms with Gasteiger partial charge in [0.1, 0.15) is 0 Å². The van der Waals surface area contributed by atoms with Crippen LogP contribution < -0.4 is 10.2 Å². The fourth-order valence-corrected chi connectivity index (χ4v) is 4.31. The summed E-state index contributed by atoms with van der Waals surface area (Å²) in [6, 6.07) is 8.73. The van der Waals surface area contributed by atoms with E-state index >= 15 is 0 Å². The van der Waals surface area contributed by atoms with Gasteiger partial charge in [-0.15, -0.1) is 11.8 Å². The first-order valence-corrected chi connectivity index (χ1v) is 8.96. The zero-order valence-electron chi connectivity index (χ0n) is 12.7. The van der Waals surface area contributed by atoms with Gasteiger partial charge in [0.25, 0.3) is 0 Å². The van der Waals surface area contributed by atoms with Crippen molar-refractivity contribution >= 4 is 23.5 Å². The standard InChI is InChI=1S/C17H24N2OS/c1-13-11-12-19(15-9-5-6-10-16(15)21-13)17(20)18-14-7-3-2-4-8-14/h5-6,9-10,13-14H,2-4,7-8,11-12H2,1H3,(H,18,20)/t13-/m0/s1. The van der Waals surface area contributed by atoms with Crippen LogP contribution in [0.4, 0.5) is 10.5 Å². The van der Waals surface area contributed by atoms with Gasteiger partial charge in [0, 0.05) is 22.7 Å². The summed E-state index contributed by atoms with van der Waals surface area (Å²) in [5, 5.41) is 3.80. The van der Waals surface area contributed by atoms with Crippen LogP contribution in [-0.4, -0.2) is 23.9 Å². The van der Waals surface area contributed by atoms with E-state index in [1.165, 1.54) is 24.2 Å². The van der Waals surface area contributed by atoms with E-state index in [0.717, 1.165) is 31.5 Å². The van der Waals surface area contributed by atoms with Crippen LogP contribution in [0.3, 0.4) is 0 Å². The first kappa shape index (κ1) is 14.8. The van der Waals surface area contributed by atoms with Gasteiger partial charge in [0.2, 0.25) is 0 Å². The number of nitrogens with zero attached hydrogens (tertiary/aromatic N) is 1. The van der Waals surface area contributed by atoms with Gasteiger partial charge < -0.3 is 5.32 Å². The number of rotatable bonds is 1. The van der Waals surface area contributed by atoms with Crippen molar-refractivity contribution in [2.24, 2.45) is 0 Å². The fourth-order valence-electron chi connectivity index (χ4n) is 3.20. The zero-order chi connectivity index (χ0) is 14.7. The van der Waals surface area contributed by atoms with Gasteiger partial charge in [-0.05, 0) is 31.4 Å². The summed E-state index contributed by atoms with van der Waals surface area (Å²) in [7, 11) is 0. The topological polar surface area (TPSA) is 32.3 Å². The Morgan fingerprint density at radius 2 is 1.95 bits per heavy atom. The summed E-state index contributed by atoms with van der Waals surface area (Å²) in [5.74, 6) is 0. The van der Waals surface area contributed by atoms with Gasteiger partial charge in [-0.1, -0.05) is 38.3 Å². The number of carbonyl (C=O) groups excluding carboxylic acids is 1. The number of hydrogen-bond acceptors (Lipinski definition) is 2. The lowest BCUT2D eigenvalue weighted by molar-refractivity contribution is 0.238. The van der Waals surface area contributed by atoms with Crippen LogP contribution in [0.5, 0.6) is 0 Å². The molecule has 0 bridgehead atoms. The maximum atomic E-state index is 12.7. The Morgan fingerprint density at radius 1 is 1.19 bits per heavy atom. The van der Waals surface area contributed by atoms with E-state index in [1.807, 2.05) is 22.7 Å². The van der Waals surface area contributed by atoms with Crippen LogP contribution in [0.15, 0.2) is 29.2 Å². The molecule has 1 aromatic carbocycles. The minimum atomic E-state index is 0.0871. The lowest BCUT2D eigenvalue weighted by Gasteiger charge is -2.28. The van der Waals surface area contributed by atoms with E-state index in [0.29, 0.717) is 11.3 Å². The molecular weight excluding hydrogens is 280 g/mol. The molecule has 1 aromatic rings. The van der Waals surface area contributed by atoms with Gasteiger partial charge in [0.15, 0.2) is 0 Å². The number of nitrogens with one attached hydrogen (secondary N) is 1. The van der Waals surface area contributed by atoms with Crippen LogP contribution >= 0.6 is 11.8 Å². The lowest BCUT2D eigenvalue weighted by Crippen LogP contribution is -2.46. The van der Waals surface area contributed by atoms with Crippen molar-refractivity contribution in [1.82, 2.24) is 5.32 Å². The average Bonchev–Trinajstić information content (AvgIpc) is 2.66. The van der Waals surface area contributed by atoms with Gasteiger partial charge in [-0.25, -0.2) is 4.79 Å². The molecular formula is C17H24N2OS. The number of amides is 2. The van der Waals surface area contributed by atoms with E-state index in [1.54, 1.807) is 0 Å². The Balaban J connectivity index is 1.75. The van der Waals surface area contributed by atoms with Crippen LogP contribution in [0.25, 0.3) is 0 Å². The van der Waals surface area contributed by atoms with Crippen LogP contribution in [0, 0.1) is 0 Å². The van der Waals surface area contributed by atoms with Crippen molar-refractivity contribution in [1.29, 1.82) is 0 Å². The second-order valence-electron chi connectivity index (χ2n) is 6.12. The molecule has 0 unspecified atom stereocenters. The molecule has 2 aliphatic rings. The maximum Gasteiger partial charge on any atom is 0.322 e. The molecule has 1 N–H and O–H groups in total. The number of urea groups is 1. The second kappa shape index (κ2) is 6.73. The van der Waals surface area contributed by atoms with Crippen molar-refractivity contribution < 1.29 is 4.79 Å². The third-order valence-corrected chi connectivity index (χ3v) is 5.66. The molecule has 21 heavy (non-hydrogen) atoms. The maximum absolute atomic E-state index is 12.7. The molecule has 1 heterocycles. The first-order valence-electron chi connectivity index (χ1n) is 8.08. The van der Waals surface area contributed by atoms with Gasteiger partial charge in [0.05, 0.1) is 5.69 Å². The molecule has 0 saturated heterocycles. The minimum Gasteiger partial charge on any atom is -0.335 e. The number of carbonyl (C=O) groups is 1. The fraction of sp³-hybridized carbons (Fsp3) is 0.588. The van der Waals surface area contributed by atoms with Crippen molar-refractivity contribution in [2.45, 2.75) is 61.6 Å². The highest BCUT2D eigenvalue weighted by atomic mass is 32.2. The van der Waals surface area contributed by atoms with Crippen LogP contribution in [0.2, 0.25) is 0 Å². The number of hydrogen-bond donors (Lipinski definition) is 1.